The van der Waals surface area contributed by atoms with Crippen LogP contribution in [0.5, 0.6) is 0 Å². The van der Waals surface area contributed by atoms with Crippen molar-refractivity contribution >= 4 is 62.2 Å². The molecule has 1 aromatic heterocycles. The summed E-state index contributed by atoms with van der Waals surface area (Å²) in [4.78, 5) is 25.0. The van der Waals surface area contributed by atoms with Crippen molar-refractivity contribution in [2.45, 2.75) is 13.0 Å². The van der Waals surface area contributed by atoms with Gasteiger partial charge in [0, 0.05) is 16.1 Å². The minimum atomic E-state index is -1.10. The monoisotopic (exact) mass is 437 g/mol. The van der Waals surface area contributed by atoms with Gasteiger partial charge in [0.05, 0.1) is 4.91 Å². The van der Waals surface area contributed by atoms with Crippen molar-refractivity contribution < 1.29 is 19.1 Å². The summed E-state index contributed by atoms with van der Waals surface area (Å²) >= 11 is 9.58. The average molecular weight is 438 g/mol. The molecule has 2 aromatic rings. The summed E-state index contributed by atoms with van der Waals surface area (Å²) in [6.45, 7) is 1.43. The van der Waals surface area contributed by atoms with Gasteiger partial charge in [0.2, 0.25) is 0 Å². The number of furan rings is 1. The Balaban J connectivity index is 1.84. The quantitative estimate of drug-likeness (QED) is 0.564. The van der Waals surface area contributed by atoms with E-state index in [0.29, 0.717) is 16.4 Å². The number of halogens is 1. The molecule has 25 heavy (non-hydrogen) atoms. The minimum Gasteiger partial charge on any atom is -0.480 e. The second-order valence-corrected chi connectivity index (χ2v) is 7.87. The molecule has 1 saturated heterocycles. The van der Waals surface area contributed by atoms with Gasteiger partial charge in [-0.05, 0) is 31.2 Å². The lowest BCUT2D eigenvalue weighted by Gasteiger charge is -2.18. The second-order valence-electron chi connectivity index (χ2n) is 5.27. The minimum absolute atomic E-state index is 0.228. The molecular formula is C17H12BrNO4S2. The number of carboxylic acids is 1. The number of carbonyl (C=O) groups excluding carboxylic acids is 1. The van der Waals surface area contributed by atoms with Crippen LogP contribution in [0.15, 0.2) is 50.2 Å². The van der Waals surface area contributed by atoms with Gasteiger partial charge >= 0.3 is 5.97 Å². The highest BCUT2D eigenvalue weighted by atomic mass is 79.9. The van der Waals surface area contributed by atoms with Crippen molar-refractivity contribution in [3.8, 4) is 11.3 Å². The molecule has 3 rings (SSSR count). The Morgan fingerprint density at radius 2 is 2.00 bits per heavy atom. The molecule has 0 bridgehead atoms. The third-order valence-corrected chi connectivity index (χ3v) is 5.46. The van der Waals surface area contributed by atoms with Crippen molar-refractivity contribution in [1.29, 1.82) is 0 Å². The van der Waals surface area contributed by atoms with E-state index in [1.807, 2.05) is 30.3 Å². The maximum absolute atomic E-state index is 12.4. The van der Waals surface area contributed by atoms with Crippen LogP contribution in [0.1, 0.15) is 12.7 Å². The zero-order valence-corrected chi connectivity index (χ0v) is 16.2. The van der Waals surface area contributed by atoms with Crippen molar-refractivity contribution in [3.63, 3.8) is 0 Å². The third-order valence-electron chi connectivity index (χ3n) is 3.60. The second kappa shape index (κ2) is 7.15. The van der Waals surface area contributed by atoms with E-state index in [4.69, 9.17) is 21.7 Å². The van der Waals surface area contributed by atoms with Crippen LogP contribution in [-0.2, 0) is 9.59 Å². The standard InChI is InChI=1S/C17H12BrNO4S2/c1-9(16(21)22)19-15(20)14(25-17(19)24)8-12-6-7-13(23-12)10-2-4-11(18)5-3-10/h2-9H,1H3,(H,21,22)/b14-8-/t9-/m1/s1. The number of benzene rings is 1. The first kappa shape index (κ1) is 17.9. The van der Waals surface area contributed by atoms with Gasteiger partial charge in [0.1, 0.15) is 21.9 Å². The van der Waals surface area contributed by atoms with E-state index in [9.17, 15) is 9.59 Å². The van der Waals surface area contributed by atoms with Crippen LogP contribution in [0.4, 0.5) is 0 Å². The first-order valence-electron chi connectivity index (χ1n) is 7.22. The van der Waals surface area contributed by atoms with E-state index in [1.165, 1.54) is 6.92 Å². The number of carbonyl (C=O) groups is 2. The highest BCUT2D eigenvalue weighted by Crippen LogP contribution is 2.35. The molecule has 5 nitrogen and oxygen atoms in total. The van der Waals surface area contributed by atoms with Crippen molar-refractivity contribution in [2.75, 3.05) is 0 Å². The van der Waals surface area contributed by atoms with E-state index in [-0.39, 0.29) is 4.32 Å². The number of carboxylic acid groups (broad SMARTS) is 1. The van der Waals surface area contributed by atoms with Crippen LogP contribution < -0.4 is 0 Å². The molecule has 0 spiro atoms. The van der Waals surface area contributed by atoms with Gasteiger partial charge < -0.3 is 9.52 Å². The molecule has 1 N–H and O–H groups in total. The van der Waals surface area contributed by atoms with E-state index in [1.54, 1.807) is 12.1 Å². The van der Waals surface area contributed by atoms with Crippen LogP contribution in [0, 0.1) is 0 Å². The summed E-state index contributed by atoms with van der Waals surface area (Å²) in [7, 11) is 0. The number of nitrogens with zero attached hydrogens (tertiary/aromatic N) is 1. The lowest BCUT2D eigenvalue weighted by molar-refractivity contribution is -0.144. The average Bonchev–Trinajstić information content (AvgIpc) is 3.13. The van der Waals surface area contributed by atoms with Crippen molar-refractivity contribution in [2.24, 2.45) is 0 Å². The smallest absolute Gasteiger partial charge is 0.326 e. The Kier molecular flexibility index (Phi) is 5.12. The summed E-state index contributed by atoms with van der Waals surface area (Å²) < 4.78 is 6.96. The molecule has 0 radical (unpaired) electrons. The van der Waals surface area contributed by atoms with E-state index < -0.39 is 17.9 Å². The van der Waals surface area contributed by atoms with Crippen LogP contribution in [0.25, 0.3) is 17.4 Å². The molecule has 1 atom stereocenters. The number of hydrogen-bond donors (Lipinski definition) is 1. The molecule has 128 valence electrons. The van der Waals surface area contributed by atoms with Crippen molar-refractivity contribution in [3.05, 3.63) is 51.5 Å². The molecule has 8 heteroatoms. The largest absolute Gasteiger partial charge is 0.480 e. The SMILES string of the molecule is C[C@H](C(=O)O)N1C(=O)/C(=C/c2ccc(-c3ccc(Br)cc3)o2)SC1=S. The molecular weight excluding hydrogens is 426 g/mol. The van der Waals surface area contributed by atoms with Gasteiger partial charge in [-0.3, -0.25) is 9.69 Å². The van der Waals surface area contributed by atoms with E-state index >= 15 is 0 Å². The number of hydrogen-bond acceptors (Lipinski definition) is 5. The summed E-state index contributed by atoms with van der Waals surface area (Å²) in [5.74, 6) is -0.353. The van der Waals surface area contributed by atoms with Crippen LogP contribution in [0.2, 0.25) is 0 Å². The predicted molar refractivity (Wildman–Crippen MR) is 104 cm³/mol. The molecule has 0 aliphatic carbocycles. The Hall–Kier alpha value is -1.90. The highest BCUT2D eigenvalue weighted by Gasteiger charge is 2.38. The molecule has 0 unspecified atom stereocenters. The molecule has 1 aromatic carbocycles. The molecule has 0 saturated carbocycles. The number of thiocarbonyl (C=S) groups is 1. The summed E-state index contributed by atoms with van der Waals surface area (Å²) in [5, 5.41) is 9.10. The summed E-state index contributed by atoms with van der Waals surface area (Å²) in [5.41, 5.74) is 0.912. The summed E-state index contributed by atoms with van der Waals surface area (Å²) in [6, 6.07) is 10.2. The zero-order chi connectivity index (χ0) is 18.1. The fourth-order valence-electron chi connectivity index (χ4n) is 2.25. The van der Waals surface area contributed by atoms with Crippen LogP contribution >= 0.6 is 39.9 Å². The lowest BCUT2D eigenvalue weighted by Crippen LogP contribution is -2.41. The molecule has 1 amide bonds. The fourth-order valence-corrected chi connectivity index (χ4v) is 3.92. The Labute approximate surface area is 161 Å². The zero-order valence-electron chi connectivity index (χ0n) is 12.9. The predicted octanol–water partition coefficient (Wildman–Crippen LogP) is 4.38. The van der Waals surface area contributed by atoms with Gasteiger partial charge in [-0.15, -0.1) is 0 Å². The van der Waals surface area contributed by atoms with Crippen LogP contribution in [0.3, 0.4) is 0 Å². The number of rotatable bonds is 4. The molecule has 1 fully saturated rings. The maximum Gasteiger partial charge on any atom is 0.326 e. The van der Waals surface area contributed by atoms with Gasteiger partial charge in [0.25, 0.3) is 5.91 Å². The Bertz CT molecular complexity index is 888. The first-order chi connectivity index (χ1) is 11.9. The Morgan fingerprint density at radius 3 is 2.64 bits per heavy atom. The Morgan fingerprint density at radius 1 is 1.32 bits per heavy atom. The van der Waals surface area contributed by atoms with E-state index in [2.05, 4.69) is 15.9 Å². The van der Waals surface area contributed by atoms with Gasteiger partial charge in [-0.2, -0.15) is 0 Å². The molecule has 1 aliphatic heterocycles. The maximum atomic E-state index is 12.4. The first-order valence-corrected chi connectivity index (χ1v) is 9.24. The molecule has 2 heterocycles. The molecule has 1 aliphatic rings. The normalized spacial score (nSPS) is 17.4. The third kappa shape index (κ3) is 3.70. The van der Waals surface area contributed by atoms with Gasteiger partial charge in [0.15, 0.2) is 0 Å². The van der Waals surface area contributed by atoms with E-state index in [0.717, 1.165) is 26.7 Å². The summed E-state index contributed by atoms with van der Waals surface area (Å²) in [6.07, 6.45) is 1.58. The van der Waals surface area contributed by atoms with Crippen molar-refractivity contribution in [1.82, 2.24) is 4.90 Å². The number of aliphatic carboxylic acids is 1. The lowest BCUT2D eigenvalue weighted by atomic mass is 10.2. The fraction of sp³-hybridized carbons (Fsp3) is 0.118. The highest BCUT2D eigenvalue weighted by molar-refractivity contribution is 9.10. The topological polar surface area (TPSA) is 70.8 Å². The number of amides is 1. The number of thioether (sulfide) groups is 1. The van der Waals surface area contributed by atoms with Gasteiger partial charge in [-0.25, -0.2) is 4.79 Å². The van der Waals surface area contributed by atoms with Crippen LogP contribution in [-0.4, -0.2) is 32.2 Å². The van der Waals surface area contributed by atoms with Gasteiger partial charge in [-0.1, -0.05) is 52.0 Å².